The molecule has 2 aliphatic rings. The van der Waals surface area contributed by atoms with Crippen molar-refractivity contribution in [2.45, 2.75) is 51.0 Å². The molecule has 2 saturated carbocycles. The Morgan fingerprint density at radius 2 is 1.81 bits per heavy atom. The minimum Gasteiger partial charge on any atom is -0.207 e. The number of hydrogen-bond donors (Lipinski definition) is 1. The van der Waals surface area contributed by atoms with Crippen molar-refractivity contribution < 1.29 is 12.8 Å². The molecule has 116 valence electrons. The lowest BCUT2D eigenvalue weighted by Gasteiger charge is -2.42. The Bertz CT molecular complexity index is 649. The topological polar surface area (TPSA) is 46.2 Å². The van der Waals surface area contributed by atoms with Gasteiger partial charge in [-0.05, 0) is 60.3 Å². The van der Waals surface area contributed by atoms with Crippen LogP contribution in [0.3, 0.4) is 0 Å². The van der Waals surface area contributed by atoms with Crippen LogP contribution in [0.4, 0.5) is 4.39 Å². The lowest BCUT2D eigenvalue weighted by atomic mass is 9.69. The summed E-state index contributed by atoms with van der Waals surface area (Å²) in [5.41, 5.74) is -0.0125. The summed E-state index contributed by atoms with van der Waals surface area (Å²) in [5.74, 6) is 0.143. The van der Waals surface area contributed by atoms with Gasteiger partial charge in [-0.1, -0.05) is 20.8 Å². The number of nitrogens with one attached hydrogen (secondary N) is 1. The van der Waals surface area contributed by atoms with Crippen molar-refractivity contribution >= 4 is 10.0 Å². The lowest BCUT2D eigenvalue weighted by molar-refractivity contribution is 0.127. The summed E-state index contributed by atoms with van der Waals surface area (Å²) in [7, 11) is -3.61. The Balaban J connectivity index is 1.91. The molecular formula is C16H22FNO2S. The molecule has 21 heavy (non-hydrogen) atoms. The van der Waals surface area contributed by atoms with Gasteiger partial charge < -0.3 is 0 Å². The van der Waals surface area contributed by atoms with Gasteiger partial charge in [0.2, 0.25) is 10.0 Å². The van der Waals surface area contributed by atoms with Crippen LogP contribution < -0.4 is 4.72 Å². The fourth-order valence-corrected chi connectivity index (χ4v) is 5.96. The van der Waals surface area contributed by atoms with Crippen molar-refractivity contribution in [3.63, 3.8) is 0 Å². The Kier molecular flexibility index (Phi) is 3.23. The number of sulfonamides is 1. The number of benzene rings is 1. The minimum atomic E-state index is -3.61. The molecule has 0 aliphatic heterocycles. The van der Waals surface area contributed by atoms with Crippen molar-refractivity contribution in [1.29, 1.82) is 0 Å². The van der Waals surface area contributed by atoms with Crippen molar-refractivity contribution in [2.75, 3.05) is 0 Å². The highest BCUT2D eigenvalue weighted by atomic mass is 32.2. The predicted octanol–water partition coefficient (Wildman–Crippen LogP) is 3.32. The van der Waals surface area contributed by atoms with Gasteiger partial charge in [0.25, 0.3) is 0 Å². The van der Waals surface area contributed by atoms with Gasteiger partial charge in [0.15, 0.2) is 0 Å². The van der Waals surface area contributed by atoms with Crippen molar-refractivity contribution in [1.82, 2.24) is 4.72 Å². The molecule has 1 N–H and O–H groups in total. The van der Waals surface area contributed by atoms with Crippen LogP contribution in [0.2, 0.25) is 0 Å². The standard InChI is InChI=1S/C16H22FNO2S/c1-15(2)11-8-9-16(3,10-11)14(15)18-21(19,20)13-6-4-12(17)5-7-13/h4-7,11,14,18H,8-10H2,1-3H3/t11-,14-,16?/m0/s1. The first-order valence-corrected chi connectivity index (χ1v) is 8.91. The van der Waals surface area contributed by atoms with E-state index in [2.05, 4.69) is 25.5 Å². The van der Waals surface area contributed by atoms with E-state index in [0.29, 0.717) is 5.92 Å². The molecule has 2 bridgehead atoms. The molecule has 1 aromatic carbocycles. The maximum Gasteiger partial charge on any atom is 0.240 e. The van der Waals surface area contributed by atoms with Gasteiger partial charge in [0, 0.05) is 6.04 Å². The molecule has 3 atom stereocenters. The lowest BCUT2D eigenvalue weighted by Crippen LogP contribution is -2.52. The molecule has 0 radical (unpaired) electrons. The van der Waals surface area contributed by atoms with Crippen LogP contribution in [0.25, 0.3) is 0 Å². The first kappa shape index (κ1) is 15.0. The maximum atomic E-state index is 13.0. The van der Waals surface area contributed by atoms with Gasteiger partial charge in [0.1, 0.15) is 5.82 Å². The van der Waals surface area contributed by atoms with E-state index >= 15 is 0 Å². The van der Waals surface area contributed by atoms with E-state index in [0.717, 1.165) is 12.8 Å². The number of hydrogen-bond acceptors (Lipinski definition) is 2. The van der Waals surface area contributed by atoms with Crippen LogP contribution in [-0.4, -0.2) is 14.5 Å². The monoisotopic (exact) mass is 311 g/mol. The molecule has 3 rings (SSSR count). The predicted molar refractivity (Wildman–Crippen MR) is 79.7 cm³/mol. The fourth-order valence-electron chi connectivity index (χ4n) is 4.43. The van der Waals surface area contributed by atoms with Crippen LogP contribution in [0, 0.1) is 22.6 Å². The maximum absolute atomic E-state index is 13.0. The first-order valence-electron chi connectivity index (χ1n) is 7.43. The van der Waals surface area contributed by atoms with Crippen LogP contribution in [0.1, 0.15) is 40.0 Å². The number of halogens is 1. The van der Waals surface area contributed by atoms with E-state index in [1.54, 1.807) is 0 Å². The van der Waals surface area contributed by atoms with E-state index < -0.39 is 15.8 Å². The Hall–Kier alpha value is -0.940. The van der Waals surface area contributed by atoms with Gasteiger partial charge in [-0.2, -0.15) is 0 Å². The summed E-state index contributed by atoms with van der Waals surface area (Å²) in [6.07, 6.45) is 3.33. The third-order valence-corrected chi connectivity index (χ3v) is 7.11. The fraction of sp³-hybridized carbons (Fsp3) is 0.625. The van der Waals surface area contributed by atoms with Crippen LogP contribution in [0.5, 0.6) is 0 Å². The molecule has 0 heterocycles. The first-order chi connectivity index (χ1) is 9.65. The zero-order valence-corrected chi connectivity index (χ0v) is 13.5. The summed E-state index contributed by atoms with van der Waals surface area (Å²) < 4.78 is 41.0. The van der Waals surface area contributed by atoms with Crippen LogP contribution >= 0.6 is 0 Å². The van der Waals surface area contributed by atoms with Gasteiger partial charge in [-0.25, -0.2) is 17.5 Å². The zero-order chi connectivity index (χ0) is 15.5. The molecule has 2 aliphatic carbocycles. The average Bonchev–Trinajstić information content (AvgIpc) is 2.87. The molecule has 2 fully saturated rings. The van der Waals surface area contributed by atoms with E-state index in [4.69, 9.17) is 0 Å². The molecule has 5 heteroatoms. The molecule has 0 amide bonds. The van der Waals surface area contributed by atoms with Gasteiger partial charge >= 0.3 is 0 Å². The molecule has 1 unspecified atom stereocenters. The largest absolute Gasteiger partial charge is 0.240 e. The van der Waals surface area contributed by atoms with E-state index in [1.807, 2.05) is 0 Å². The minimum absolute atomic E-state index is 0.0290. The Morgan fingerprint density at radius 1 is 1.19 bits per heavy atom. The van der Waals surface area contributed by atoms with Crippen LogP contribution in [-0.2, 0) is 10.0 Å². The Morgan fingerprint density at radius 3 is 2.33 bits per heavy atom. The quantitative estimate of drug-likeness (QED) is 0.931. The summed E-state index contributed by atoms with van der Waals surface area (Å²) in [6, 6.07) is 4.93. The Labute approximate surface area is 126 Å². The molecule has 1 aromatic rings. The second-order valence-corrected chi connectivity index (χ2v) is 9.14. The summed E-state index contributed by atoms with van der Waals surface area (Å²) >= 11 is 0. The molecule has 0 aromatic heterocycles. The van der Waals surface area contributed by atoms with Gasteiger partial charge in [0.05, 0.1) is 4.90 Å². The zero-order valence-electron chi connectivity index (χ0n) is 12.7. The molecule has 3 nitrogen and oxygen atoms in total. The second kappa shape index (κ2) is 4.53. The van der Waals surface area contributed by atoms with Crippen LogP contribution in [0.15, 0.2) is 29.2 Å². The highest BCUT2D eigenvalue weighted by Gasteiger charge is 2.60. The third kappa shape index (κ3) is 2.30. The summed E-state index contributed by atoms with van der Waals surface area (Å²) in [6.45, 7) is 6.49. The summed E-state index contributed by atoms with van der Waals surface area (Å²) in [4.78, 5) is 0.131. The SMILES string of the molecule is CC12CC[C@@H](C1)C(C)(C)[C@@H]2NS(=O)(=O)c1ccc(F)cc1. The molecule has 0 saturated heterocycles. The smallest absolute Gasteiger partial charge is 0.207 e. The third-order valence-electron chi connectivity index (χ3n) is 5.67. The normalized spacial score (nSPS) is 34.3. The van der Waals surface area contributed by atoms with E-state index in [1.165, 1.54) is 30.7 Å². The average molecular weight is 311 g/mol. The number of rotatable bonds is 3. The number of fused-ring (bicyclic) bond motifs is 2. The van der Waals surface area contributed by atoms with E-state index in [9.17, 15) is 12.8 Å². The molecular weight excluding hydrogens is 289 g/mol. The van der Waals surface area contributed by atoms with Gasteiger partial charge in [-0.15, -0.1) is 0 Å². The van der Waals surface area contributed by atoms with Gasteiger partial charge in [-0.3, -0.25) is 0 Å². The second-order valence-electron chi connectivity index (χ2n) is 7.42. The molecule has 0 spiro atoms. The summed E-state index contributed by atoms with van der Waals surface area (Å²) in [5, 5.41) is 0. The highest BCUT2D eigenvalue weighted by Crippen LogP contribution is 2.62. The van der Waals surface area contributed by atoms with Crippen molar-refractivity contribution in [3.05, 3.63) is 30.1 Å². The van der Waals surface area contributed by atoms with Crippen molar-refractivity contribution in [2.24, 2.45) is 16.7 Å². The van der Waals surface area contributed by atoms with Crippen molar-refractivity contribution in [3.8, 4) is 0 Å². The van der Waals surface area contributed by atoms with E-state index in [-0.39, 0.29) is 21.8 Å². The highest BCUT2D eigenvalue weighted by molar-refractivity contribution is 7.89.